The summed E-state index contributed by atoms with van der Waals surface area (Å²) in [5, 5.41) is 32.9. The zero-order valence-electron chi connectivity index (χ0n) is 25.8. The Kier molecular flexibility index (Phi) is 12.0. The number of ether oxygens (including phenoxy) is 1. The third-order valence-corrected chi connectivity index (χ3v) is 9.09. The highest BCUT2D eigenvalue weighted by Crippen LogP contribution is 2.32. The van der Waals surface area contributed by atoms with Crippen LogP contribution in [0.3, 0.4) is 0 Å². The molecule has 2 aromatic rings. The minimum atomic E-state index is -1.46. The number of carbonyl (C=O) groups is 2. The molecule has 44 heavy (non-hydrogen) atoms. The summed E-state index contributed by atoms with van der Waals surface area (Å²) in [4.78, 5) is 41.0. The van der Waals surface area contributed by atoms with Gasteiger partial charge in [-0.1, -0.05) is 19.4 Å². The number of amides is 2. The van der Waals surface area contributed by atoms with Gasteiger partial charge in [-0.3, -0.25) is 22.2 Å². The van der Waals surface area contributed by atoms with Crippen molar-refractivity contribution in [3.05, 3.63) is 24.6 Å². The fourth-order valence-electron chi connectivity index (χ4n) is 5.75. The fraction of sp³-hybridized carbons (Fsp3) is 0.679. The number of fused-ring (bicyclic) bond motifs is 1. The first-order valence-electron chi connectivity index (χ1n) is 15.2. The van der Waals surface area contributed by atoms with Crippen molar-refractivity contribution >= 4 is 51.7 Å². The van der Waals surface area contributed by atoms with Crippen molar-refractivity contribution in [3.63, 3.8) is 0 Å². The quantitative estimate of drug-likeness (QED) is 0.112. The third-order valence-electron chi connectivity index (χ3n) is 8.03. The van der Waals surface area contributed by atoms with Gasteiger partial charge in [-0.25, -0.2) is 15.0 Å². The molecule has 3 heterocycles. The number of aromatic nitrogens is 4. The van der Waals surface area contributed by atoms with Crippen LogP contribution in [0.25, 0.3) is 11.2 Å². The maximum Gasteiger partial charge on any atom is 0.289 e. The molecule has 4 rings (SSSR count). The molecule has 0 radical (unpaired) electrons. The minimum Gasteiger partial charge on any atom is -0.387 e. The lowest BCUT2D eigenvalue weighted by molar-refractivity contribution is -0.137. The summed E-state index contributed by atoms with van der Waals surface area (Å²) in [5.74, 6) is -0.0997. The average molecular weight is 729 g/mol. The molecule has 1 saturated heterocycles. The summed E-state index contributed by atoms with van der Waals surface area (Å²) in [6.07, 6.45) is 1.19. The minimum absolute atomic E-state index is 0.116. The van der Waals surface area contributed by atoms with Crippen LogP contribution in [-0.4, -0.2) is 120 Å². The largest absolute Gasteiger partial charge is 0.387 e. The predicted octanol–water partition coefficient (Wildman–Crippen LogP) is 0.719. The van der Waals surface area contributed by atoms with Gasteiger partial charge in [0.1, 0.15) is 18.0 Å². The molecule has 2 amide bonds. The first kappa shape index (κ1) is 34.1. The molecule has 2 fully saturated rings. The number of imidazole rings is 1. The van der Waals surface area contributed by atoms with Crippen LogP contribution in [0, 0.1) is 0 Å². The van der Waals surface area contributed by atoms with Crippen molar-refractivity contribution < 1.29 is 24.5 Å². The molecule has 1 saturated carbocycles. The van der Waals surface area contributed by atoms with Crippen molar-refractivity contribution in [3.8, 4) is 0 Å². The Morgan fingerprint density at radius 2 is 1.84 bits per heavy atom. The molecule has 2 aromatic heterocycles. The number of halogens is 1. The molecule has 15 nitrogen and oxygen atoms in total. The van der Waals surface area contributed by atoms with Gasteiger partial charge in [0.2, 0.25) is 5.82 Å². The van der Waals surface area contributed by atoms with Crippen LogP contribution < -0.4 is 21.3 Å². The van der Waals surface area contributed by atoms with Crippen molar-refractivity contribution in [1.82, 2.24) is 43.5 Å². The van der Waals surface area contributed by atoms with Gasteiger partial charge in [-0.05, 0) is 33.6 Å². The molecule has 0 unspecified atom stereocenters. The van der Waals surface area contributed by atoms with E-state index < -0.39 is 36.4 Å². The molecular formula is C28H45IN10O5. The van der Waals surface area contributed by atoms with E-state index in [-0.39, 0.29) is 11.5 Å². The van der Waals surface area contributed by atoms with Crippen LogP contribution >= 0.6 is 22.9 Å². The van der Waals surface area contributed by atoms with Crippen LogP contribution in [0.15, 0.2) is 18.7 Å². The number of rotatable bonds is 15. The monoisotopic (exact) mass is 728 g/mol. The van der Waals surface area contributed by atoms with Crippen LogP contribution in [-0.2, 0) is 9.53 Å². The summed E-state index contributed by atoms with van der Waals surface area (Å²) in [7, 11) is 1.64. The van der Waals surface area contributed by atoms with E-state index in [1.54, 1.807) is 14.0 Å². The van der Waals surface area contributed by atoms with E-state index >= 15 is 0 Å². The Hall–Kier alpha value is -2.80. The first-order valence-corrected chi connectivity index (χ1v) is 16.1. The number of anilines is 1. The van der Waals surface area contributed by atoms with Crippen LogP contribution in [0.1, 0.15) is 63.3 Å². The number of carbonyl (C=O) groups excluding carboxylic acids is 2. The molecule has 0 bridgehead atoms. The smallest absolute Gasteiger partial charge is 0.289 e. The number of hydrogen-bond acceptors (Lipinski definition) is 12. The summed E-state index contributed by atoms with van der Waals surface area (Å²) in [6.45, 7) is 13.3. The normalized spacial score (nSPS) is 22.1. The number of nitrogens with zero attached hydrogens (tertiary/aromatic N) is 6. The van der Waals surface area contributed by atoms with Gasteiger partial charge < -0.3 is 36.2 Å². The van der Waals surface area contributed by atoms with Gasteiger partial charge >= 0.3 is 0 Å². The van der Waals surface area contributed by atoms with E-state index in [0.717, 1.165) is 18.9 Å². The van der Waals surface area contributed by atoms with Gasteiger partial charge in [-0.15, -0.1) is 0 Å². The SMILES string of the molecule is C=C(NCCN(C(C)C)C1CCCC1)N(I)CCNC(=O)c1nc(NC)c2ncn([C@@H]3O[C@H](C(=O)NCC)[C@@H](O)[C@H]3O)c2n1. The maximum atomic E-state index is 13.1. The second kappa shape index (κ2) is 15.5. The number of likely N-dealkylation sites (N-methyl/N-ethyl adjacent to an activating group) is 1. The molecule has 0 aromatic carbocycles. The fourth-order valence-corrected chi connectivity index (χ4v) is 6.17. The zero-order valence-corrected chi connectivity index (χ0v) is 28.0. The molecule has 1 aliphatic carbocycles. The Morgan fingerprint density at radius 3 is 2.50 bits per heavy atom. The Labute approximate surface area is 271 Å². The van der Waals surface area contributed by atoms with Gasteiger partial charge in [0.25, 0.3) is 11.8 Å². The number of aliphatic hydroxyl groups excluding tert-OH is 2. The first-order chi connectivity index (χ1) is 21.1. The summed E-state index contributed by atoms with van der Waals surface area (Å²) in [6, 6.07) is 1.15. The van der Waals surface area contributed by atoms with Crippen molar-refractivity contribution in [1.29, 1.82) is 0 Å². The van der Waals surface area contributed by atoms with E-state index in [2.05, 4.69) is 84.4 Å². The molecule has 6 N–H and O–H groups in total. The Bertz CT molecular complexity index is 1300. The molecule has 244 valence electrons. The second-order valence-electron chi connectivity index (χ2n) is 11.3. The van der Waals surface area contributed by atoms with Crippen molar-refractivity contribution in [2.75, 3.05) is 45.1 Å². The lowest BCUT2D eigenvalue weighted by atomic mass is 10.1. The lowest BCUT2D eigenvalue weighted by Gasteiger charge is -2.33. The zero-order chi connectivity index (χ0) is 32.0. The highest BCUT2D eigenvalue weighted by Gasteiger charge is 2.47. The van der Waals surface area contributed by atoms with Crippen LogP contribution in [0.4, 0.5) is 5.82 Å². The number of aliphatic hydroxyl groups is 2. The molecule has 0 spiro atoms. The van der Waals surface area contributed by atoms with Crippen molar-refractivity contribution in [2.24, 2.45) is 0 Å². The van der Waals surface area contributed by atoms with E-state index in [4.69, 9.17) is 4.74 Å². The number of hydrogen-bond donors (Lipinski definition) is 6. The maximum absolute atomic E-state index is 13.1. The summed E-state index contributed by atoms with van der Waals surface area (Å²) >= 11 is 2.17. The topological polar surface area (TPSA) is 182 Å². The highest BCUT2D eigenvalue weighted by molar-refractivity contribution is 14.1. The van der Waals surface area contributed by atoms with Crippen LogP contribution in [0.2, 0.25) is 0 Å². The molecule has 4 atom stereocenters. The molecule has 16 heteroatoms. The standard InChI is InChI=1S/C28H45IN10O5/c1-6-31-26(42)22-20(40)21(41)28(44-22)38-15-34-19-23(30-5)35-24(36-25(19)38)27(43)33-12-14-39(29)17(4)32-11-13-37(16(2)3)18-9-7-8-10-18/h15-16,18,20-22,28,32,40-41H,4,6-14H2,1-3,5H3,(H,31,42)(H,33,43)(H,30,35,36)/t20-,21+,22-,28+/m0/s1. The average Bonchev–Trinajstić information content (AvgIpc) is 3.74. The Balaban J connectivity index is 1.35. The van der Waals surface area contributed by atoms with E-state index in [1.807, 2.05) is 3.11 Å². The highest BCUT2D eigenvalue weighted by atomic mass is 127. The van der Waals surface area contributed by atoms with Gasteiger partial charge in [0.05, 0.1) is 29.2 Å². The van der Waals surface area contributed by atoms with E-state index in [0.29, 0.717) is 43.1 Å². The lowest BCUT2D eigenvalue weighted by Crippen LogP contribution is -2.43. The molecule has 1 aliphatic heterocycles. The van der Waals surface area contributed by atoms with Crippen LogP contribution in [0.5, 0.6) is 0 Å². The second-order valence-corrected chi connectivity index (χ2v) is 12.4. The van der Waals surface area contributed by atoms with E-state index in [1.165, 1.54) is 36.6 Å². The molecular weight excluding hydrogens is 683 g/mol. The van der Waals surface area contributed by atoms with Gasteiger partial charge in [0.15, 0.2) is 29.3 Å². The predicted molar refractivity (Wildman–Crippen MR) is 174 cm³/mol. The summed E-state index contributed by atoms with van der Waals surface area (Å²) in [5.41, 5.74) is 0.531. The van der Waals surface area contributed by atoms with Crippen molar-refractivity contribution in [2.45, 2.75) is 83.1 Å². The van der Waals surface area contributed by atoms with E-state index in [9.17, 15) is 19.8 Å². The number of nitrogens with one attached hydrogen (secondary N) is 4. The van der Waals surface area contributed by atoms with Gasteiger partial charge in [-0.2, -0.15) is 0 Å². The Morgan fingerprint density at radius 1 is 1.14 bits per heavy atom. The third kappa shape index (κ3) is 7.70. The van der Waals surface area contributed by atoms with Gasteiger partial charge in [0, 0.05) is 51.9 Å². The summed E-state index contributed by atoms with van der Waals surface area (Å²) < 4.78 is 9.03. The molecule has 2 aliphatic rings.